The summed E-state index contributed by atoms with van der Waals surface area (Å²) < 4.78 is 5.56. The van der Waals surface area contributed by atoms with E-state index >= 15 is 0 Å². The SMILES string of the molecule is C[C@@]1(c2ccccc2Cl)NC(=O)N(CCOc2ccc(Cl)cc2Cl)C1=O. The van der Waals surface area contributed by atoms with Gasteiger partial charge in [0.15, 0.2) is 0 Å². The van der Waals surface area contributed by atoms with Crippen LogP contribution in [0.25, 0.3) is 0 Å². The Morgan fingerprint density at radius 1 is 1.08 bits per heavy atom. The van der Waals surface area contributed by atoms with Gasteiger partial charge in [-0.3, -0.25) is 9.69 Å². The molecule has 3 amide bonds. The number of nitrogens with one attached hydrogen (secondary N) is 1. The van der Waals surface area contributed by atoms with Crippen LogP contribution in [0.2, 0.25) is 15.1 Å². The van der Waals surface area contributed by atoms with E-state index in [4.69, 9.17) is 39.5 Å². The monoisotopic (exact) mass is 412 g/mol. The van der Waals surface area contributed by atoms with Crippen LogP contribution < -0.4 is 10.1 Å². The van der Waals surface area contributed by atoms with E-state index in [0.29, 0.717) is 26.4 Å². The van der Waals surface area contributed by atoms with E-state index < -0.39 is 11.6 Å². The Balaban J connectivity index is 1.71. The summed E-state index contributed by atoms with van der Waals surface area (Å²) in [7, 11) is 0. The summed E-state index contributed by atoms with van der Waals surface area (Å²) in [5.41, 5.74) is -0.669. The third-order valence-electron chi connectivity index (χ3n) is 4.15. The van der Waals surface area contributed by atoms with Crippen molar-refractivity contribution in [1.29, 1.82) is 0 Å². The van der Waals surface area contributed by atoms with E-state index in [1.54, 1.807) is 49.4 Å². The fourth-order valence-electron chi connectivity index (χ4n) is 2.79. The molecule has 0 radical (unpaired) electrons. The normalized spacial score (nSPS) is 19.6. The number of carbonyl (C=O) groups excluding carboxylic acids is 2. The van der Waals surface area contributed by atoms with Crippen molar-refractivity contribution in [1.82, 2.24) is 10.2 Å². The van der Waals surface area contributed by atoms with Gasteiger partial charge in [-0.15, -0.1) is 0 Å². The van der Waals surface area contributed by atoms with Gasteiger partial charge in [-0.25, -0.2) is 4.79 Å². The predicted molar refractivity (Wildman–Crippen MR) is 101 cm³/mol. The number of imide groups is 1. The molecule has 5 nitrogen and oxygen atoms in total. The van der Waals surface area contributed by atoms with E-state index in [0.717, 1.165) is 4.90 Å². The first-order chi connectivity index (χ1) is 12.3. The van der Waals surface area contributed by atoms with Crippen molar-refractivity contribution in [3.63, 3.8) is 0 Å². The van der Waals surface area contributed by atoms with Crippen LogP contribution in [0.15, 0.2) is 42.5 Å². The summed E-state index contributed by atoms with van der Waals surface area (Å²) in [6, 6.07) is 11.3. The van der Waals surface area contributed by atoms with Crippen molar-refractivity contribution in [3.8, 4) is 5.75 Å². The minimum atomic E-state index is -1.21. The number of carbonyl (C=O) groups is 2. The summed E-state index contributed by atoms with van der Waals surface area (Å²) in [6.45, 7) is 1.80. The predicted octanol–water partition coefficient (Wildman–Crippen LogP) is 4.49. The van der Waals surface area contributed by atoms with Gasteiger partial charge in [-0.05, 0) is 31.2 Å². The molecule has 26 heavy (non-hydrogen) atoms. The molecule has 1 aliphatic rings. The fourth-order valence-corrected chi connectivity index (χ4v) is 3.58. The van der Waals surface area contributed by atoms with Crippen molar-refractivity contribution < 1.29 is 14.3 Å². The van der Waals surface area contributed by atoms with Gasteiger partial charge in [0.05, 0.1) is 11.6 Å². The van der Waals surface area contributed by atoms with Gasteiger partial charge in [-0.1, -0.05) is 53.0 Å². The van der Waals surface area contributed by atoms with Gasteiger partial charge in [0.2, 0.25) is 0 Å². The number of hydrogen-bond acceptors (Lipinski definition) is 3. The molecule has 0 unspecified atom stereocenters. The van der Waals surface area contributed by atoms with Crippen molar-refractivity contribution in [3.05, 3.63) is 63.1 Å². The smallest absolute Gasteiger partial charge is 0.325 e. The van der Waals surface area contributed by atoms with Crippen molar-refractivity contribution in [2.45, 2.75) is 12.5 Å². The summed E-state index contributed by atoms with van der Waals surface area (Å²) in [5.74, 6) is 0.0402. The molecule has 2 aromatic rings. The molecule has 8 heteroatoms. The first-order valence-electron chi connectivity index (χ1n) is 7.80. The molecule has 3 rings (SSSR count). The second-order valence-electron chi connectivity index (χ2n) is 5.91. The number of benzene rings is 2. The molecule has 136 valence electrons. The molecular weight excluding hydrogens is 399 g/mol. The van der Waals surface area contributed by atoms with Crippen LogP contribution in [0.3, 0.4) is 0 Å². The minimum Gasteiger partial charge on any atom is -0.490 e. The minimum absolute atomic E-state index is 0.0731. The van der Waals surface area contributed by atoms with Crippen molar-refractivity contribution in [2.75, 3.05) is 13.2 Å². The highest BCUT2D eigenvalue weighted by Gasteiger charge is 2.49. The lowest BCUT2D eigenvalue weighted by molar-refractivity contribution is -0.131. The second-order valence-corrected chi connectivity index (χ2v) is 7.17. The van der Waals surface area contributed by atoms with Crippen LogP contribution >= 0.6 is 34.8 Å². The highest BCUT2D eigenvalue weighted by Crippen LogP contribution is 2.33. The molecule has 1 heterocycles. The van der Waals surface area contributed by atoms with Gasteiger partial charge >= 0.3 is 6.03 Å². The Bertz CT molecular complexity index is 875. The Morgan fingerprint density at radius 3 is 2.50 bits per heavy atom. The van der Waals surface area contributed by atoms with E-state index in [1.807, 2.05) is 0 Å². The number of halogens is 3. The molecule has 0 saturated carbocycles. The van der Waals surface area contributed by atoms with Crippen molar-refractivity contribution in [2.24, 2.45) is 0 Å². The topological polar surface area (TPSA) is 58.6 Å². The second kappa shape index (κ2) is 7.35. The third-order valence-corrected chi connectivity index (χ3v) is 5.01. The number of nitrogens with zero attached hydrogens (tertiary/aromatic N) is 1. The van der Waals surface area contributed by atoms with Crippen LogP contribution in [0.4, 0.5) is 4.79 Å². The van der Waals surface area contributed by atoms with Crippen molar-refractivity contribution >= 4 is 46.7 Å². The van der Waals surface area contributed by atoms with E-state index in [1.165, 1.54) is 0 Å². The van der Waals surface area contributed by atoms with Gasteiger partial charge in [0.1, 0.15) is 17.9 Å². The maximum absolute atomic E-state index is 12.8. The molecule has 1 N–H and O–H groups in total. The zero-order valence-electron chi connectivity index (χ0n) is 13.8. The zero-order valence-corrected chi connectivity index (χ0v) is 16.0. The highest BCUT2D eigenvalue weighted by atomic mass is 35.5. The first kappa shape index (κ1) is 18.8. The number of amides is 3. The fraction of sp³-hybridized carbons (Fsp3) is 0.222. The quantitative estimate of drug-likeness (QED) is 0.735. The van der Waals surface area contributed by atoms with Gasteiger partial charge in [0.25, 0.3) is 5.91 Å². The molecule has 0 spiro atoms. The summed E-state index contributed by atoms with van der Waals surface area (Å²) in [4.78, 5) is 26.2. The van der Waals surface area contributed by atoms with Crippen LogP contribution in [0.1, 0.15) is 12.5 Å². The Hall–Kier alpha value is -1.95. The molecule has 2 aromatic carbocycles. The van der Waals surface area contributed by atoms with E-state index in [-0.39, 0.29) is 19.1 Å². The largest absolute Gasteiger partial charge is 0.490 e. The average molecular weight is 414 g/mol. The molecule has 1 atom stereocenters. The lowest BCUT2D eigenvalue weighted by Crippen LogP contribution is -2.41. The number of urea groups is 1. The molecule has 0 bridgehead atoms. The molecular formula is C18H15Cl3N2O3. The number of ether oxygens (including phenoxy) is 1. The Kier molecular flexibility index (Phi) is 5.32. The average Bonchev–Trinajstić information content (AvgIpc) is 2.81. The maximum atomic E-state index is 12.8. The third kappa shape index (κ3) is 3.47. The van der Waals surface area contributed by atoms with Gasteiger partial charge in [0, 0.05) is 15.6 Å². The lowest BCUT2D eigenvalue weighted by Gasteiger charge is -2.23. The van der Waals surface area contributed by atoms with E-state index in [2.05, 4.69) is 5.32 Å². The Labute approximate surface area is 165 Å². The molecule has 1 fully saturated rings. The van der Waals surface area contributed by atoms with Crippen LogP contribution in [-0.4, -0.2) is 30.0 Å². The first-order valence-corrected chi connectivity index (χ1v) is 8.93. The maximum Gasteiger partial charge on any atom is 0.325 e. The van der Waals surface area contributed by atoms with E-state index in [9.17, 15) is 9.59 Å². The molecule has 0 aliphatic carbocycles. The number of hydrogen-bond donors (Lipinski definition) is 1. The highest BCUT2D eigenvalue weighted by molar-refractivity contribution is 6.35. The summed E-state index contributed by atoms with van der Waals surface area (Å²) >= 11 is 18.1. The molecule has 1 saturated heterocycles. The number of rotatable bonds is 5. The molecule has 0 aromatic heterocycles. The summed E-state index contributed by atoms with van der Waals surface area (Å²) in [5, 5.41) is 3.97. The zero-order chi connectivity index (χ0) is 18.9. The standard InChI is InChI=1S/C18H15Cl3N2O3/c1-18(12-4-2-3-5-13(12)20)16(24)23(17(25)22-18)8-9-26-15-7-6-11(19)10-14(15)21/h2-7,10H,8-9H2,1H3,(H,22,25)/t18-/m0/s1. The molecule has 1 aliphatic heterocycles. The Morgan fingerprint density at radius 2 is 1.81 bits per heavy atom. The lowest BCUT2D eigenvalue weighted by atomic mass is 9.92. The van der Waals surface area contributed by atoms with Crippen LogP contribution in [0.5, 0.6) is 5.75 Å². The van der Waals surface area contributed by atoms with Gasteiger partial charge in [-0.2, -0.15) is 0 Å². The van der Waals surface area contributed by atoms with Gasteiger partial charge < -0.3 is 10.1 Å². The van der Waals surface area contributed by atoms with Crippen LogP contribution in [-0.2, 0) is 10.3 Å². The van der Waals surface area contributed by atoms with Crippen LogP contribution in [0, 0.1) is 0 Å². The summed E-state index contributed by atoms with van der Waals surface area (Å²) in [6.07, 6.45) is 0.